The topological polar surface area (TPSA) is 97.0 Å². The largest absolute Gasteiger partial charge is 0.487 e. The summed E-state index contributed by atoms with van der Waals surface area (Å²) >= 11 is 7.97. The van der Waals surface area contributed by atoms with Crippen LogP contribution >= 0.6 is 61.1 Å². The third-order valence-electron chi connectivity index (χ3n) is 4.78. The Kier molecular flexibility index (Phi) is 6.26. The normalized spacial score (nSPS) is 15.4. The summed E-state index contributed by atoms with van der Waals surface area (Å²) in [7, 11) is 0. The van der Waals surface area contributed by atoms with Gasteiger partial charge in [0.05, 0.1) is 13.1 Å². The number of rotatable bonds is 4. The van der Waals surface area contributed by atoms with E-state index in [2.05, 4.69) is 77.4 Å². The summed E-state index contributed by atoms with van der Waals surface area (Å²) in [6.45, 7) is 2.38. The molecule has 1 aliphatic heterocycles. The van der Waals surface area contributed by atoms with Crippen molar-refractivity contribution in [2.45, 2.75) is 19.4 Å². The molecule has 1 atom stereocenters. The second-order valence-electron chi connectivity index (χ2n) is 6.72. The monoisotopic (exact) mass is 688 g/mol. The molecule has 2 heterocycles. The van der Waals surface area contributed by atoms with Crippen LogP contribution in [-0.4, -0.2) is 10.2 Å². The molecule has 1 aliphatic rings. The molecular weight excluding hydrogens is 674 g/mol. The summed E-state index contributed by atoms with van der Waals surface area (Å²) in [6, 6.07) is 14.3. The van der Waals surface area contributed by atoms with Crippen LogP contribution in [0.15, 0.2) is 52.3 Å². The van der Waals surface area contributed by atoms with Gasteiger partial charge in [0.25, 0.3) is 0 Å². The Balaban J connectivity index is 1.70. The van der Waals surface area contributed by atoms with E-state index in [1.165, 1.54) is 0 Å². The first-order valence-corrected chi connectivity index (χ1v) is 11.8. The molecule has 2 aromatic carbocycles. The molecule has 3 N–H and O–H groups in total. The van der Waals surface area contributed by atoms with Gasteiger partial charge in [-0.3, -0.25) is 5.10 Å². The highest BCUT2D eigenvalue weighted by Crippen LogP contribution is 2.44. The van der Waals surface area contributed by atoms with E-state index >= 15 is 0 Å². The van der Waals surface area contributed by atoms with E-state index in [-0.39, 0.29) is 11.8 Å². The Morgan fingerprint density at radius 1 is 1.27 bits per heavy atom. The molecule has 6 nitrogen and oxygen atoms in total. The number of benzene rings is 2. The molecule has 0 aliphatic carbocycles. The van der Waals surface area contributed by atoms with Gasteiger partial charge in [-0.25, -0.2) is 0 Å². The molecule has 0 saturated carbocycles. The average molecular weight is 689 g/mol. The summed E-state index contributed by atoms with van der Waals surface area (Å²) in [4.78, 5) is 0. The molecule has 0 bridgehead atoms. The lowest BCUT2D eigenvalue weighted by atomic mass is 9.84. The molecule has 3 aromatic rings. The Hall–Kier alpha value is -1.78. The Bertz CT molecular complexity index is 1180. The smallest absolute Gasteiger partial charge is 0.244 e. The molecule has 0 saturated heterocycles. The van der Waals surface area contributed by atoms with Crippen LogP contribution in [-0.2, 0) is 6.61 Å². The predicted molar refractivity (Wildman–Crippen MR) is 133 cm³/mol. The zero-order chi connectivity index (χ0) is 21.4. The van der Waals surface area contributed by atoms with Gasteiger partial charge in [0.2, 0.25) is 11.8 Å². The van der Waals surface area contributed by atoms with Crippen LogP contribution in [0.25, 0.3) is 0 Å². The number of H-pyrrole nitrogens is 1. The van der Waals surface area contributed by atoms with E-state index in [1.807, 2.05) is 43.3 Å². The highest BCUT2D eigenvalue weighted by atomic mass is 127. The molecule has 0 spiro atoms. The Labute approximate surface area is 209 Å². The predicted octanol–water partition coefficient (Wildman–Crippen LogP) is 5.49. The standard InChI is InChI=1S/C21H15BrI2N4O2/c1-10-17-18(14(8-25)20(26)30-21(17)28-27-10)12-6-15(23)19(16(24)7-12)29-9-11-2-4-13(22)5-3-11/h2-7,18H,9,26H2,1H3,(H,27,28)/t18-/m0/s1. The lowest BCUT2D eigenvalue weighted by Crippen LogP contribution is -2.21. The van der Waals surface area contributed by atoms with Crippen LogP contribution in [0, 0.1) is 25.4 Å². The van der Waals surface area contributed by atoms with Crippen molar-refractivity contribution in [3.8, 4) is 17.7 Å². The fraction of sp³-hybridized carbons (Fsp3) is 0.143. The van der Waals surface area contributed by atoms with Crippen LogP contribution in [0.2, 0.25) is 0 Å². The van der Waals surface area contributed by atoms with Crippen molar-refractivity contribution >= 4 is 61.1 Å². The van der Waals surface area contributed by atoms with Crippen molar-refractivity contribution in [1.82, 2.24) is 10.2 Å². The van der Waals surface area contributed by atoms with E-state index in [0.717, 1.165) is 39.7 Å². The maximum Gasteiger partial charge on any atom is 0.244 e. The Morgan fingerprint density at radius 2 is 1.93 bits per heavy atom. The van der Waals surface area contributed by atoms with Gasteiger partial charge in [0.15, 0.2) is 0 Å². The van der Waals surface area contributed by atoms with E-state index < -0.39 is 0 Å². The van der Waals surface area contributed by atoms with Crippen molar-refractivity contribution in [2.24, 2.45) is 5.73 Å². The third-order valence-corrected chi connectivity index (χ3v) is 6.91. The lowest BCUT2D eigenvalue weighted by Gasteiger charge is -2.24. The number of halogens is 3. The van der Waals surface area contributed by atoms with Gasteiger partial charge in [-0.05, 0) is 87.5 Å². The van der Waals surface area contributed by atoms with E-state index in [1.54, 1.807) is 0 Å². The van der Waals surface area contributed by atoms with Gasteiger partial charge < -0.3 is 15.2 Å². The van der Waals surface area contributed by atoms with Crippen molar-refractivity contribution < 1.29 is 9.47 Å². The highest BCUT2D eigenvalue weighted by molar-refractivity contribution is 14.1. The number of aryl methyl sites for hydroxylation is 1. The third kappa shape index (κ3) is 4.04. The maximum absolute atomic E-state index is 9.74. The molecule has 9 heteroatoms. The number of nitrogens with one attached hydrogen (secondary N) is 1. The molecule has 1 aromatic heterocycles. The number of allylic oxidation sites excluding steroid dienone is 1. The van der Waals surface area contributed by atoms with Gasteiger partial charge >= 0.3 is 0 Å². The van der Waals surface area contributed by atoms with Crippen molar-refractivity contribution in [3.63, 3.8) is 0 Å². The number of fused-ring (bicyclic) bond motifs is 1. The number of hydrogen-bond donors (Lipinski definition) is 2. The summed E-state index contributed by atoms with van der Waals surface area (Å²) in [5.74, 6) is 0.964. The quantitative estimate of drug-likeness (QED) is 0.354. The fourth-order valence-corrected chi connectivity index (χ4v) is 5.74. The first-order valence-electron chi connectivity index (χ1n) is 8.87. The van der Waals surface area contributed by atoms with Crippen LogP contribution in [0.1, 0.15) is 28.3 Å². The summed E-state index contributed by atoms with van der Waals surface area (Å²) in [6.07, 6.45) is 0. The summed E-state index contributed by atoms with van der Waals surface area (Å²) in [5, 5.41) is 16.8. The van der Waals surface area contributed by atoms with Gasteiger partial charge in [-0.1, -0.05) is 28.1 Å². The first kappa shape index (κ1) is 21.5. The number of nitrogens with zero attached hydrogens (tertiary/aromatic N) is 2. The van der Waals surface area contributed by atoms with E-state index in [9.17, 15) is 5.26 Å². The van der Waals surface area contributed by atoms with Crippen molar-refractivity contribution in [2.75, 3.05) is 0 Å². The summed E-state index contributed by atoms with van der Waals surface area (Å²) < 4.78 is 14.6. The van der Waals surface area contributed by atoms with E-state index in [0.29, 0.717) is 18.1 Å². The van der Waals surface area contributed by atoms with Crippen LogP contribution in [0.5, 0.6) is 11.6 Å². The highest BCUT2D eigenvalue weighted by Gasteiger charge is 2.34. The molecule has 4 rings (SSSR count). The maximum atomic E-state index is 9.74. The zero-order valence-corrected chi connectivity index (χ0v) is 21.6. The average Bonchev–Trinajstić information content (AvgIpc) is 3.07. The lowest BCUT2D eigenvalue weighted by molar-refractivity contribution is 0.301. The number of aromatic amines is 1. The molecule has 0 amide bonds. The number of nitrogens with two attached hydrogens (primary N) is 1. The second kappa shape index (κ2) is 8.76. The number of hydrogen-bond acceptors (Lipinski definition) is 5. The minimum atomic E-state index is -0.347. The molecule has 0 radical (unpaired) electrons. The minimum Gasteiger partial charge on any atom is -0.487 e. The summed E-state index contributed by atoms with van der Waals surface area (Å²) in [5.41, 5.74) is 10.1. The Morgan fingerprint density at radius 3 is 2.57 bits per heavy atom. The van der Waals surface area contributed by atoms with E-state index in [4.69, 9.17) is 15.2 Å². The molecule has 0 fully saturated rings. The SMILES string of the molecule is Cc1[nH]nc2c1[C@@H](c1cc(I)c(OCc3ccc(Br)cc3)c(I)c1)C(C#N)=C(N)O2. The number of nitriles is 1. The minimum absolute atomic E-state index is 0.0853. The van der Waals surface area contributed by atoms with Crippen LogP contribution in [0.4, 0.5) is 0 Å². The number of aromatic nitrogens is 2. The number of ether oxygens (including phenoxy) is 2. The second-order valence-corrected chi connectivity index (χ2v) is 9.96. The molecule has 30 heavy (non-hydrogen) atoms. The molecular formula is C21H15BrI2N4O2. The van der Waals surface area contributed by atoms with Gasteiger partial charge in [0, 0.05) is 15.7 Å². The van der Waals surface area contributed by atoms with Gasteiger partial charge in [0.1, 0.15) is 24.0 Å². The van der Waals surface area contributed by atoms with Crippen LogP contribution < -0.4 is 15.2 Å². The van der Waals surface area contributed by atoms with Crippen molar-refractivity contribution in [3.05, 3.63) is 81.9 Å². The van der Waals surface area contributed by atoms with Crippen LogP contribution in [0.3, 0.4) is 0 Å². The molecule has 152 valence electrons. The zero-order valence-electron chi connectivity index (χ0n) is 15.7. The van der Waals surface area contributed by atoms with Crippen molar-refractivity contribution in [1.29, 1.82) is 5.26 Å². The first-order chi connectivity index (χ1) is 14.4. The molecule has 0 unspecified atom stereocenters. The fourth-order valence-electron chi connectivity index (χ4n) is 3.35. The van der Waals surface area contributed by atoms with Gasteiger partial charge in [-0.2, -0.15) is 5.26 Å². The van der Waals surface area contributed by atoms with Gasteiger partial charge in [-0.15, -0.1) is 5.10 Å².